The zero-order chi connectivity index (χ0) is 21.8. The van der Waals surface area contributed by atoms with Gasteiger partial charge in [0.1, 0.15) is 0 Å². The quantitative estimate of drug-likeness (QED) is 0.504. The molecule has 1 heterocycles. The van der Waals surface area contributed by atoms with E-state index in [1.54, 1.807) is 42.0 Å². The minimum atomic E-state index is -0.377. The smallest absolute Gasteiger partial charge is 0.289 e. The van der Waals surface area contributed by atoms with Crippen molar-refractivity contribution in [3.05, 3.63) is 140 Å². The Hall–Kier alpha value is -4.17. The molecule has 4 rings (SSSR count). The van der Waals surface area contributed by atoms with Crippen LogP contribution in [0.3, 0.4) is 0 Å². The second kappa shape index (κ2) is 8.68. The largest absolute Gasteiger partial charge is 0.332 e. The molecule has 0 atom stereocenters. The third-order valence-electron chi connectivity index (χ3n) is 5.30. The van der Waals surface area contributed by atoms with Crippen molar-refractivity contribution < 1.29 is 0 Å². The minimum Gasteiger partial charge on any atom is -0.289 e. The number of hydrogen-bond donors (Lipinski definition) is 0. The molecule has 0 N–H and O–H groups in total. The molecule has 1 aromatic heterocycles. The Balaban J connectivity index is 1.88. The zero-order valence-electron chi connectivity index (χ0n) is 17.1. The molecule has 0 aliphatic rings. The number of aryl methyl sites for hydroxylation is 1. The average Bonchev–Trinajstić information content (AvgIpc) is 2.82. The Bertz CT molecular complexity index is 1310. The molecule has 0 saturated carbocycles. The van der Waals surface area contributed by atoms with Gasteiger partial charge in [-0.2, -0.15) is 5.26 Å². The van der Waals surface area contributed by atoms with Crippen molar-refractivity contribution in [3.8, 4) is 6.07 Å². The van der Waals surface area contributed by atoms with E-state index in [9.17, 15) is 9.59 Å². The monoisotopic (exact) mass is 407 g/mol. The lowest BCUT2D eigenvalue weighted by molar-refractivity contribution is 0.560. The summed E-state index contributed by atoms with van der Waals surface area (Å²) in [4.78, 5) is 26.4. The highest BCUT2D eigenvalue weighted by molar-refractivity contribution is 5.34. The molecule has 0 aliphatic heterocycles. The maximum Gasteiger partial charge on any atom is 0.332 e. The standard InChI is InChI=1S/C26H21N3O2/c1-19-17-28(24(22-8-4-2-5-9-22)23-10-6-3-7-11-23)26(31)29(25(19)30)18-21-14-12-20(16-27)13-15-21/h2-15,17,24H,18H2,1H3. The molecule has 31 heavy (non-hydrogen) atoms. The van der Waals surface area contributed by atoms with Crippen LogP contribution in [0.1, 0.15) is 33.9 Å². The first-order valence-electron chi connectivity index (χ1n) is 10.00. The molecule has 0 bridgehead atoms. The van der Waals surface area contributed by atoms with E-state index in [1.807, 2.05) is 60.7 Å². The topological polar surface area (TPSA) is 67.8 Å². The fourth-order valence-corrected chi connectivity index (χ4v) is 3.73. The lowest BCUT2D eigenvalue weighted by Gasteiger charge is -2.22. The second-order valence-corrected chi connectivity index (χ2v) is 7.43. The molecule has 0 spiro atoms. The van der Waals surface area contributed by atoms with Crippen LogP contribution in [0, 0.1) is 18.3 Å². The van der Waals surface area contributed by atoms with Gasteiger partial charge in [-0.25, -0.2) is 4.79 Å². The maximum absolute atomic E-state index is 13.5. The van der Waals surface area contributed by atoms with Crippen molar-refractivity contribution in [2.24, 2.45) is 0 Å². The van der Waals surface area contributed by atoms with Gasteiger partial charge in [-0.05, 0) is 35.7 Å². The Morgan fingerprint density at radius 1 is 0.839 bits per heavy atom. The number of nitrogens with zero attached hydrogens (tertiary/aromatic N) is 3. The maximum atomic E-state index is 13.5. The first-order valence-corrected chi connectivity index (χ1v) is 10.00. The molecule has 0 fully saturated rings. The van der Waals surface area contributed by atoms with E-state index in [0.717, 1.165) is 16.7 Å². The first-order chi connectivity index (χ1) is 15.1. The Kier molecular flexibility index (Phi) is 5.63. The molecule has 0 unspecified atom stereocenters. The van der Waals surface area contributed by atoms with Gasteiger partial charge in [-0.3, -0.25) is 13.9 Å². The molecule has 5 heteroatoms. The van der Waals surface area contributed by atoms with Crippen LogP contribution in [0.25, 0.3) is 0 Å². The summed E-state index contributed by atoms with van der Waals surface area (Å²) < 4.78 is 2.89. The summed E-state index contributed by atoms with van der Waals surface area (Å²) in [6.07, 6.45) is 1.64. The van der Waals surface area contributed by atoms with Crippen molar-refractivity contribution in [2.75, 3.05) is 0 Å². The van der Waals surface area contributed by atoms with Crippen LogP contribution in [0.2, 0.25) is 0 Å². The van der Waals surface area contributed by atoms with Crippen LogP contribution in [-0.4, -0.2) is 9.13 Å². The van der Waals surface area contributed by atoms with Crippen molar-refractivity contribution in [1.29, 1.82) is 5.26 Å². The number of aromatic nitrogens is 2. The van der Waals surface area contributed by atoms with Gasteiger partial charge in [0, 0.05) is 11.8 Å². The molecule has 0 aliphatic carbocycles. The summed E-state index contributed by atoms with van der Waals surface area (Å²) in [7, 11) is 0. The molecule has 0 amide bonds. The minimum absolute atomic E-state index is 0.140. The molecule has 0 saturated heterocycles. The number of hydrogen-bond acceptors (Lipinski definition) is 3. The van der Waals surface area contributed by atoms with Gasteiger partial charge < -0.3 is 0 Å². The van der Waals surface area contributed by atoms with E-state index in [-0.39, 0.29) is 23.8 Å². The van der Waals surface area contributed by atoms with Crippen LogP contribution < -0.4 is 11.2 Å². The van der Waals surface area contributed by atoms with Crippen molar-refractivity contribution >= 4 is 0 Å². The highest BCUT2D eigenvalue weighted by Gasteiger charge is 2.20. The van der Waals surface area contributed by atoms with Crippen LogP contribution in [0.15, 0.2) is 101 Å². The summed E-state index contributed by atoms with van der Waals surface area (Å²) in [5.74, 6) is 0. The van der Waals surface area contributed by atoms with E-state index in [4.69, 9.17) is 5.26 Å². The van der Waals surface area contributed by atoms with E-state index in [2.05, 4.69) is 6.07 Å². The van der Waals surface area contributed by atoms with Gasteiger partial charge in [0.15, 0.2) is 0 Å². The predicted octanol–water partition coefficient (Wildman–Crippen LogP) is 3.88. The van der Waals surface area contributed by atoms with Gasteiger partial charge in [0.05, 0.1) is 24.2 Å². The first kappa shape index (κ1) is 20.1. The molecule has 4 aromatic rings. The van der Waals surface area contributed by atoms with Gasteiger partial charge in [0.2, 0.25) is 0 Å². The number of rotatable bonds is 5. The lowest BCUT2D eigenvalue weighted by Crippen LogP contribution is -2.42. The molecule has 5 nitrogen and oxygen atoms in total. The number of benzene rings is 3. The lowest BCUT2D eigenvalue weighted by atomic mass is 9.98. The SMILES string of the molecule is Cc1cn(C(c2ccccc2)c2ccccc2)c(=O)n(Cc2ccc(C#N)cc2)c1=O. The van der Waals surface area contributed by atoms with Gasteiger partial charge in [-0.1, -0.05) is 72.8 Å². The van der Waals surface area contributed by atoms with Gasteiger partial charge in [-0.15, -0.1) is 0 Å². The van der Waals surface area contributed by atoms with Crippen molar-refractivity contribution in [1.82, 2.24) is 9.13 Å². The second-order valence-electron chi connectivity index (χ2n) is 7.43. The van der Waals surface area contributed by atoms with E-state index in [0.29, 0.717) is 11.1 Å². The molecule has 3 aromatic carbocycles. The summed E-state index contributed by atoms with van der Waals surface area (Å²) in [5.41, 5.74) is 3.03. The highest BCUT2D eigenvalue weighted by atomic mass is 16.2. The molecule has 152 valence electrons. The zero-order valence-corrected chi connectivity index (χ0v) is 17.1. The summed E-state index contributed by atoms with van der Waals surface area (Å²) >= 11 is 0. The third-order valence-corrected chi connectivity index (χ3v) is 5.30. The van der Waals surface area contributed by atoms with Crippen molar-refractivity contribution in [2.45, 2.75) is 19.5 Å². The van der Waals surface area contributed by atoms with Crippen LogP contribution in [0.5, 0.6) is 0 Å². The fourth-order valence-electron chi connectivity index (χ4n) is 3.73. The van der Waals surface area contributed by atoms with E-state index >= 15 is 0 Å². The average molecular weight is 407 g/mol. The molecular weight excluding hydrogens is 386 g/mol. The normalized spacial score (nSPS) is 10.7. The van der Waals surface area contributed by atoms with Gasteiger partial charge in [0.25, 0.3) is 5.56 Å². The molecular formula is C26H21N3O2. The number of nitriles is 1. The van der Waals surface area contributed by atoms with E-state index < -0.39 is 0 Å². The summed E-state index contributed by atoms with van der Waals surface area (Å²) in [6, 6.07) is 28.2. The summed E-state index contributed by atoms with van der Waals surface area (Å²) in [5, 5.41) is 9.00. The van der Waals surface area contributed by atoms with Crippen LogP contribution in [-0.2, 0) is 6.54 Å². The Morgan fingerprint density at radius 2 is 1.39 bits per heavy atom. The van der Waals surface area contributed by atoms with Gasteiger partial charge >= 0.3 is 5.69 Å². The highest BCUT2D eigenvalue weighted by Crippen LogP contribution is 2.25. The van der Waals surface area contributed by atoms with Crippen LogP contribution >= 0.6 is 0 Å². The predicted molar refractivity (Wildman–Crippen MR) is 120 cm³/mol. The third kappa shape index (κ3) is 4.10. The Labute approximate surface area is 180 Å². The van der Waals surface area contributed by atoms with Crippen LogP contribution in [0.4, 0.5) is 0 Å². The molecule has 0 radical (unpaired) electrons. The summed E-state index contributed by atoms with van der Waals surface area (Å²) in [6.45, 7) is 1.86. The van der Waals surface area contributed by atoms with Crippen molar-refractivity contribution in [3.63, 3.8) is 0 Å². The Morgan fingerprint density at radius 3 is 1.90 bits per heavy atom. The van der Waals surface area contributed by atoms with E-state index in [1.165, 1.54) is 4.57 Å². The fraction of sp³-hybridized carbons (Fsp3) is 0.115.